The van der Waals surface area contributed by atoms with Crippen LogP contribution in [0.15, 0.2) is 0 Å². The van der Waals surface area contributed by atoms with E-state index in [1.165, 1.54) is 0 Å². The smallest absolute Gasteiger partial charge is 0.326 e. The molecule has 2 saturated heterocycles. The Morgan fingerprint density at radius 3 is 2.57 bits per heavy atom. The van der Waals surface area contributed by atoms with Crippen LogP contribution in [0.5, 0.6) is 0 Å². The van der Waals surface area contributed by atoms with E-state index in [4.69, 9.17) is 0 Å². The van der Waals surface area contributed by atoms with Gasteiger partial charge in [0.05, 0.1) is 0 Å². The second-order valence-corrected chi connectivity index (χ2v) is 6.17. The van der Waals surface area contributed by atoms with E-state index >= 15 is 0 Å². The summed E-state index contributed by atoms with van der Waals surface area (Å²) in [4.78, 5) is 29.9. The van der Waals surface area contributed by atoms with Gasteiger partial charge in [-0.15, -0.1) is 0 Å². The Morgan fingerprint density at radius 2 is 1.90 bits per heavy atom. The van der Waals surface area contributed by atoms with Gasteiger partial charge in [-0.2, -0.15) is 0 Å². The molecule has 0 aromatic rings. The van der Waals surface area contributed by atoms with Gasteiger partial charge in [0.25, 0.3) is 0 Å². The van der Waals surface area contributed by atoms with Crippen LogP contribution < -0.4 is 0 Å². The van der Waals surface area contributed by atoms with Gasteiger partial charge in [-0.25, -0.2) is 9.59 Å². The highest BCUT2D eigenvalue weighted by molar-refractivity contribution is 5.83. The highest BCUT2D eigenvalue weighted by Gasteiger charge is 2.35. The molecule has 2 amide bonds. The molecule has 0 aliphatic carbocycles. The molecule has 0 aromatic carbocycles. The molecule has 2 aliphatic rings. The number of carbonyl (C=O) groups is 2. The molecule has 120 valence electrons. The molecular weight excluding hydrogens is 270 g/mol. The highest BCUT2D eigenvalue weighted by Crippen LogP contribution is 2.20. The van der Waals surface area contributed by atoms with Crippen LogP contribution in [0.3, 0.4) is 0 Å². The van der Waals surface area contributed by atoms with Crippen molar-refractivity contribution in [3.05, 3.63) is 0 Å². The van der Waals surface area contributed by atoms with Crippen LogP contribution in [-0.4, -0.2) is 77.1 Å². The number of likely N-dealkylation sites (tertiary alicyclic amines) is 1. The van der Waals surface area contributed by atoms with Crippen molar-refractivity contribution < 1.29 is 14.7 Å². The number of aliphatic carboxylic acids is 1. The van der Waals surface area contributed by atoms with E-state index in [9.17, 15) is 14.7 Å². The Labute approximate surface area is 126 Å². The summed E-state index contributed by atoms with van der Waals surface area (Å²) in [6.45, 7) is 4.94. The third-order valence-corrected chi connectivity index (χ3v) is 4.80. The molecule has 6 heteroatoms. The first-order valence-electron chi connectivity index (χ1n) is 8.03. The monoisotopic (exact) mass is 297 g/mol. The minimum absolute atomic E-state index is 0.0872. The predicted octanol–water partition coefficient (Wildman–Crippen LogP) is 1.46. The summed E-state index contributed by atoms with van der Waals surface area (Å²) >= 11 is 0. The Kier molecular flexibility index (Phi) is 5.45. The lowest BCUT2D eigenvalue weighted by atomic mass is 10.1. The van der Waals surface area contributed by atoms with Gasteiger partial charge in [0.1, 0.15) is 6.04 Å². The third kappa shape index (κ3) is 3.67. The molecule has 2 rings (SSSR count). The number of hydrogen-bond donors (Lipinski definition) is 1. The lowest BCUT2D eigenvalue weighted by Crippen LogP contribution is -2.58. The zero-order valence-electron chi connectivity index (χ0n) is 13.1. The van der Waals surface area contributed by atoms with Gasteiger partial charge >= 0.3 is 12.0 Å². The number of urea groups is 1. The van der Waals surface area contributed by atoms with Crippen molar-refractivity contribution in [1.29, 1.82) is 0 Å². The molecule has 0 aromatic heterocycles. The molecule has 21 heavy (non-hydrogen) atoms. The first kappa shape index (κ1) is 16.1. The Morgan fingerprint density at radius 1 is 1.14 bits per heavy atom. The molecule has 2 fully saturated rings. The maximum absolute atomic E-state index is 12.8. The molecule has 2 atom stereocenters. The number of likely N-dealkylation sites (N-methyl/N-ethyl adjacent to an activating group) is 1. The van der Waals surface area contributed by atoms with Crippen molar-refractivity contribution in [3.8, 4) is 0 Å². The summed E-state index contributed by atoms with van der Waals surface area (Å²) in [5.74, 6) is -0.869. The SMILES string of the molecule is CCC1CN(C(=O)N2CCCCCC2C(=O)O)CCN1C. The van der Waals surface area contributed by atoms with Gasteiger partial charge < -0.3 is 14.9 Å². The van der Waals surface area contributed by atoms with E-state index in [1.54, 1.807) is 4.90 Å². The van der Waals surface area contributed by atoms with Gasteiger partial charge in [0.15, 0.2) is 0 Å². The fourth-order valence-electron chi connectivity index (χ4n) is 3.34. The van der Waals surface area contributed by atoms with E-state index in [2.05, 4.69) is 18.9 Å². The second kappa shape index (κ2) is 7.11. The van der Waals surface area contributed by atoms with E-state index in [1.807, 2.05) is 4.90 Å². The van der Waals surface area contributed by atoms with E-state index in [0.29, 0.717) is 32.1 Å². The lowest BCUT2D eigenvalue weighted by Gasteiger charge is -2.41. The predicted molar refractivity (Wildman–Crippen MR) is 80.3 cm³/mol. The number of rotatable bonds is 2. The van der Waals surface area contributed by atoms with Crippen LogP contribution in [-0.2, 0) is 4.79 Å². The number of piperazine rings is 1. The molecule has 1 N–H and O–H groups in total. The second-order valence-electron chi connectivity index (χ2n) is 6.17. The van der Waals surface area contributed by atoms with Crippen molar-refractivity contribution in [1.82, 2.24) is 14.7 Å². The van der Waals surface area contributed by atoms with Crippen LogP contribution in [0.1, 0.15) is 39.0 Å². The molecular formula is C15H27N3O3. The fourth-order valence-corrected chi connectivity index (χ4v) is 3.34. The lowest BCUT2D eigenvalue weighted by molar-refractivity contribution is -0.142. The van der Waals surface area contributed by atoms with E-state index < -0.39 is 12.0 Å². The Hall–Kier alpha value is -1.30. The minimum atomic E-state index is -0.869. The summed E-state index contributed by atoms with van der Waals surface area (Å²) in [5.41, 5.74) is 0. The molecule has 0 saturated carbocycles. The number of nitrogens with zero attached hydrogens (tertiary/aromatic N) is 3. The molecule has 0 radical (unpaired) electrons. The van der Waals surface area contributed by atoms with Crippen molar-refractivity contribution in [2.24, 2.45) is 0 Å². The normalized spacial score (nSPS) is 28.3. The van der Waals surface area contributed by atoms with Crippen molar-refractivity contribution >= 4 is 12.0 Å². The molecule has 2 unspecified atom stereocenters. The van der Waals surface area contributed by atoms with Crippen LogP contribution in [0.2, 0.25) is 0 Å². The summed E-state index contributed by atoms with van der Waals surface area (Å²) < 4.78 is 0. The first-order chi connectivity index (χ1) is 10.0. The van der Waals surface area contributed by atoms with E-state index in [0.717, 1.165) is 32.2 Å². The number of hydrogen-bond acceptors (Lipinski definition) is 3. The molecule has 2 heterocycles. The maximum atomic E-state index is 12.8. The number of amides is 2. The molecule has 0 spiro atoms. The maximum Gasteiger partial charge on any atom is 0.326 e. The molecule has 6 nitrogen and oxygen atoms in total. The Bertz CT molecular complexity index is 388. The minimum Gasteiger partial charge on any atom is -0.480 e. The highest BCUT2D eigenvalue weighted by atomic mass is 16.4. The summed E-state index contributed by atoms with van der Waals surface area (Å²) in [6.07, 6.45) is 4.38. The van der Waals surface area contributed by atoms with Gasteiger partial charge in [0.2, 0.25) is 0 Å². The number of carboxylic acids is 1. The standard InChI is InChI=1S/C15H27N3O3/c1-3-12-11-17(10-9-16(12)2)15(21)18-8-6-4-5-7-13(18)14(19)20/h12-13H,3-11H2,1-2H3,(H,19,20). The van der Waals surface area contributed by atoms with E-state index in [-0.39, 0.29) is 6.03 Å². The number of carboxylic acid groups (broad SMARTS) is 1. The average molecular weight is 297 g/mol. The fraction of sp³-hybridized carbons (Fsp3) is 0.867. The zero-order chi connectivity index (χ0) is 15.4. The average Bonchev–Trinajstić information content (AvgIpc) is 2.72. The van der Waals surface area contributed by atoms with Gasteiger partial charge in [-0.05, 0) is 26.3 Å². The van der Waals surface area contributed by atoms with Crippen LogP contribution in [0.4, 0.5) is 4.79 Å². The Balaban J connectivity index is 2.07. The first-order valence-corrected chi connectivity index (χ1v) is 8.03. The van der Waals surface area contributed by atoms with Crippen LogP contribution >= 0.6 is 0 Å². The van der Waals surface area contributed by atoms with Gasteiger partial charge in [0, 0.05) is 32.2 Å². The van der Waals surface area contributed by atoms with Crippen molar-refractivity contribution in [3.63, 3.8) is 0 Å². The summed E-state index contributed by atoms with van der Waals surface area (Å²) in [7, 11) is 2.09. The largest absolute Gasteiger partial charge is 0.480 e. The zero-order valence-corrected chi connectivity index (χ0v) is 13.1. The number of carbonyl (C=O) groups excluding carboxylic acids is 1. The summed E-state index contributed by atoms with van der Waals surface area (Å²) in [6, 6.07) is -0.367. The van der Waals surface area contributed by atoms with Crippen molar-refractivity contribution in [2.45, 2.75) is 51.1 Å². The van der Waals surface area contributed by atoms with Gasteiger partial charge in [-0.1, -0.05) is 19.8 Å². The quantitative estimate of drug-likeness (QED) is 0.838. The van der Waals surface area contributed by atoms with Crippen LogP contribution in [0, 0.1) is 0 Å². The molecule has 0 bridgehead atoms. The van der Waals surface area contributed by atoms with Gasteiger partial charge in [-0.3, -0.25) is 4.90 Å². The topological polar surface area (TPSA) is 64.1 Å². The third-order valence-electron chi connectivity index (χ3n) is 4.80. The summed E-state index contributed by atoms with van der Waals surface area (Å²) in [5, 5.41) is 9.40. The molecule has 2 aliphatic heterocycles. The van der Waals surface area contributed by atoms with Crippen LogP contribution in [0.25, 0.3) is 0 Å². The van der Waals surface area contributed by atoms with Crippen molar-refractivity contribution in [2.75, 3.05) is 33.2 Å².